The molecule has 2 saturated carbocycles. The third-order valence-corrected chi connectivity index (χ3v) is 9.02. The number of carbonyl (C=O) groups is 4. The SMILES string of the molecule is COC(=O)C1=C(C)NC(COCCOCCN)=C(C(=O)OCCCC(C2CC2)C2CC2)[C@@H]1c1cccc(Cl)c1Cl.O=C(O)/C=C/C(=O)O. The number of hydrogen-bond donors (Lipinski definition) is 4. The first-order valence-electron chi connectivity index (χ1n) is 15.9. The summed E-state index contributed by atoms with van der Waals surface area (Å²) in [6.45, 7) is 3.64. The zero-order valence-electron chi connectivity index (χ0n) is 27.2. The Morgan fingerprint density at radius 1 is 0.938 bits per heavy atom. The maximum atomic E-state index is 13.8. The van der Waals surface area contributed by atoms with E-state index < -0.39 is 29.8 Å². The Morgan fingerprint density at radius 3 is 2.12 bits per heavy atom. The number of esters is 2. The van der Waals surface area contributed by atoms with Crippen molar-refractivity contribution in [3.8, 4) is 0 Å². The summed E-state index contributed by atoms with van der Waals surface area (Å²) in [5.74, 6) is -2.05. The number of nitrogens with one attached hydrogen (secondary N) is 1. The van der Waals surface area contributed by atoms with Gasteiger partial charge in [0.25, 0.3) is 0 Å². The van der Waals surface area contributed by atoms with Gasteiger partial charge in [0.05, 0.1) is 73.0 Å². The van der Waals surface area contributed by atoms with Gasteiger partial charge in [-0.2, -0.15) is 0 Å². The molecule has 14 heteroatoms. The Hall–Kier alpha value is -3.42. The van der Waals surface area contributed by atoms with Crippen molar-refractivity contribution in [2.24, 2.45) is 23.5 Å². The van der Waals surface area contributed by atoms with E-state index in [1.54, 1.807) is 25.1 Å². The fraction of sp³-hybridized carbons (Fsp3) is 0.529. The Bertz CT molecular complexity index is 1370. The molecule has 0 amide bonds. The fourth-order valence-electron chi connectivity index (χ4n) is 5.77. The van der Waals surface area contributed by atoms with E-state index in [9.17, 15) is 19.2 Å². The monoisotopic (exact) mass is 710 g/mol. The van der Waals surface area contributed by atoms with Crippen molar-refractivity contribution in [3.05, 3.63) is 68.5 Å². The number of carboxylic acid groups (broad SMARTS) is 2. The lowest BCUT2D eigenvalue weighted by Gasteiger charge is -2.32. The van der Waals surface area contributed by atoms with Crippen molar-refractivity contribution in [2.75, 3.05) is 46.7 Å². The van der Waals surface area contributed by atoms with E-state index >= 15 is 0 Å². The second-order valence-electron chi connectivity index (χ2n) is 11.7. The van der Waals surface area contributed by atoms with Crippen molar-refractivity contribution in [1.82, 2.24) is 5.32 Å². The van der Waals surface area contributed by atoms with Crippen molar-refractivity contribution in [3.63, 3.8) is 0 Å². The maximum absolute atomic E-state index is 13.8. The number of nitrogens with two attached hydrogens (primary N) is 1. The lowest BCUT2D eigenvalue weighted by atomic mass is 9.80. The minimum atomic E-state index is -1.26. The molecule has 1 aromatic carbocycles. The maximum Gasteiger partial charge on any atom is 0.336 e. The average molecular weight is 712 g/mol. The van der Waals surface area contributed by atoms with Crippen LogP contribution in [0, 0.1) is 17.8 Å². The van der Waals surface area contributed by atoms with Crippen LogP contribution in [-0.2, 0) is 38.1 Å². The largest absolute Gasteiger partial charge is 0.478 e. The summed E-state index contributed by atoms with van der Waals surface area (Å²) in [4.78, 5) is 45.9. The lowest BCUT2D eigenvalue weighted by molar-refractivity contribution is -0.140. The zero-order chi connectivity index (χ0) is 35.2. The van der Waals surface area contributed by atoms with E-state index in [4.69, 9.17) is 58.1 Å². The molecule has 0 spiro atoms. The minimum absolute atomic E-state index is 0.0718. The van der Waals surface area contributed by atoms with Crippen LogP contribution in [0.1, 0.15) is 56.9 Å². The van der Waals surface area contributed by atoms with Gasteiger partial charge in [0, 0.05) is 24.4 Å². The van der Waals surface area contributed by atoms with Gasteiger partial charge in [-0.15, -0.1) is 0 Å². The zero-order valence-corrected chi connectivity index (χ0v) is 28.7. The van der Waals surface area contributed by atoms with Gasteiger partial charge < -0.3 is 40.2 Å². The second kappa shape index (κ2) is 19.5. The van der Waals surface area contributed by atoms with Crippen LogP contribution in [0.25, 0.3) is 0 Å². The molecule has 0 bridgehead atoms. The van der Waals surface area contributed by atoms with Crippen LogP contribution < -0.4 is 11.1 Å². The number of benzene rings is 1. The van der Waals surface area contributed by atoms with E-state index in [1.165, 1.54) is 32.8 Å². The predicted molar refractivity (Wildman–Crippen MR) is 178 cm³/mol. The molecule has 12 nitrogen and oxygen atoms in total. The topological polar surface area (TPSA) is 184 Å². The standard InChI is InChI=1S/C30H40Cl2N2O6.C4H4O4/c1-18-25(29(35)37-2)26(22-5-3-7-23(31)28(22)32)27(24(34-18)17-39-16-15-38-14-12-33)30(36)40-13-4-6-21(19-8-9-19)20-10-11-20;5-3(6)1-2-4(7)8/h3,5,7,19-21,26,34H,4,6,8-17,33H2,1-2H3;1-2H,(H,5,6)(H,7,8)/b;2-1+/t26-;/m1./s1. The van der Waals surface area contributed by atoms with E-state index in [1.807, 2.05) is 0 Å². The number of ether oxygens (including phenoxy) is 4. The third kappa shape index (κ3) is 11.9. The molecule has 2 fully saturated rings. The van der Waals surface area contributed by atoms with E-state index in [0.717, 1.165) is 30.6 Å². The lowest BCUT2D eigenvalue weighted by Crippen LogP contribution is -2.35. The average Bonchev–Trinajstić information content (AvgIpc) is 3.98. The molecule has 5 N–H and O–H groups in total. The van der Waals surface area contributed by atoms with Gasteiger partial charge >= 0.3 is 23.9 Å². The Balaban J connectivity index is 0.000000694. The number of allylic oxidation sites excluding steroid dienone is 1. The van der Waals surface area contributed by atoms with Gasteiger partial charge in [-0.05, 0) is 74.8 Å². The molecule has 4 rings (SSSR count). The highest BCUT2D eigenvalue weighted by molar-refractivity contribution is 6.42. The van der Waals surface area contributed by atoms with Crippen LogP contribution in [0.15, 0.2) is 52.9 Å². The van der Waals surface area contributed by atoms with Gasteiger partial charge in [0.2, 0.25) is 0 Å². The number of halogens is 2. The number of carbonyl (C=O) groups excluding carboxylic acids is 2. The number of methoxy groups -OCH3 is 1. The highest BCUT2D eigenvalue weighted by atomic mass is 35.5. The molecule has 0 radical (unpaired) electrons. The summed E-state index contributed by atoms with van der Waals surface area (Å²) < 4.78 is 22.2. The van der Waals surface area contributed by atoms with Crippen molar-refractivity contribution >= 4 is 47.1 Å². The fourth-order valence-corrected chi connectivity index (χ4v) is 6.19. The molecule has 3 aliphatic rings. The predicted octanol–water partition coefficient (Wildman–Crippen LogP) is 4.84. The Labute approximate surface area is 290 Å². The van der Waals surface area contributed by atoms with Crippen molar-refractivity contribution in [1.29, 1.82) is 0 Å². The summed E-state index contributed by atoms with van der Waals surface area (Å²) in [5.41, 5.74) is 7.51. The van der Waals surface area contributed by atoms with Crippen LogP contribution in [0.5, 0.6) is 0 Å². The summed E-state index contributed by atoms with van der Waals surface area (Å²) in [6.07, 6.45) is 8.28. The summed E-state index contributed by atoms with van der Waals surface area (Å²) in [6, 6.07) is 5.15. The summed E-state index contributed by atoms with van der Waals surface area (Å²) >= 11 is 13.0. The highest BCUT2D eigenvalue weighted by Crippen LogP contribution is 2.51. The molecule has 48 heavy (non-hydrogen) atoms. The van der Waals surface area contributed by atoms with Gasteiger partial charge in [-0.1, -0.05) is 35.3 Å². The Kier molecular flexibility index (Phi) is 15.9. The quantitative estimate of drug-likeness (QED) is 0.0925. The number of dihydropyridines is 1. The summed E-state index contributed by atoms with van der Waals surface area (Å²) in [7, 11) is 1.30. The molecule has 1 aliphatic heterocycles. The molecule has 0 saturated heterocycles. The van der Waals surface area contributed by atoms with Crippen LogP contribution >= 0.6 is 23.2 Å². The van der Waals surface area contributed by atoms with E-state index in [2.05, 4.69) is 5.32 Å². The molecule has 1 atom stereocenters. The van der Waals surface area contributed by atoms with Gasteiger partial charge in [0.15, 0.2) is 0 Å². The van der Waals surface area contributed by atoms with Crippen LogP contribution in [0.2, 0.25) is 10.0 Å². The molecular formula is C34H44Cl2N2O10. The summed E-state index contributed by atoms with van der Waals surface area (Å²) in [5, 5.41) is 19.4. The minimum Gasteiger partial charge on any atom is -0.478 e. The molecular weight excluding hydrogens is 667 g/mol. The van der Waals surface area contributed by atoms with E-state index in [0.29, 0.717) is 67.1 Å². The molecule has 1 aromatic rings. The van der Waals surface area contributed by atoms with Crippen LogP contribution in [0.3, 0.4) is 0 Å². The van der Waals surface area contributed by atoms with Crippen LogP contribution in [0.4, 0.5) is 0 Å². The molecule has 2 aliphatic carbocycles. The molecule has 0 unspecified atom stereocenters. The molecule has 1 heterocycles. The highest BCUT2D eigenvalue weighted by Gasteiger charge is 2.42. The smallest absolute Gasteiger partial charge is 0.336 e. The number of carboxylic acids is 2. The van der Waals surface area contributed by atoms with Gasteiger partial charge in [-0.25, -0.2) is 19.2 Å². The van der Waals surface area contributed by atoms with Crippen molar-refractivity contribution < 1.29 is 48.3 Å². The first kappa shape index (κ1) is 39.0. The van der Waals surface area contributed by atoms with Gasteiger partial charge in [0.1, 0.15) is 0 Å². The third-order valence-electron chi connectivity index (χ3n) is 8.18. The number of aliphatic carboxylic acids is 2. The second-order valence-corrected chi connectivity index (χ2v) is 12.5. The first-order chi connectivity index (χ1) is 23.0. The van der Waals surface area contributed by atoms with E-state index in [-0.39, 0.29) is 22.8 Å². The number of hydrogen-bond acceptors (Lipinski definition) is 10. The number of rotatable bonds is 18. The Morgan fingerprint density at radius 2 is 1.56 bits per heavy atom. The molecule has 0 aromatic heterocycles. The molecule has 264 valence electrons. The van der Waals surface area contributed by atoms with Crippen molar-refractivity contribution in [2.45, 2.75) is 51.4 Å². The first-order valence-corrected chi connectivity index (χ1v) is 16.6. The van der Waals surface area contributed by atoms with Gasteiger partial charge in [-0.3, -0.25) is 0 Å². The van der Waals surface area contributed by atoms with Crippen LogP contribution in [-0.4, -0.2) is 80.8 Å². The normalized spacial score (nSPS) is 17.6.